The van der Waals surface area contributed by atoms with Crippen molar-refractivity contribution in [3.05, 3.63) is 64.5 Å². The molecule has 0 aliphatic rings. The molecule has 4 rings (SSSR count). The van der Waals surface area contributed by atoms with E-state index in [1.54, 1.807) is 24.4 Å². The molecule has 3 aromatic heterocycles. The van der Waals surface area contributed by atoms with Gasteiger partial charge < -0.3 is 19.8 Å². The molecule has 0 spiro atoms. The Balaban J connectivity index is 1.64. The van der Waals surface area contributed by atoms with Gasteiger partial charge in [0.15, 0.2) is 17.1 Å². The SMILES string of the molecule is COc1cc2cc3c(=O)[nH]c(C(=O)NCCc4ccccn4)nc3nc2cc1OC. The summed E-state index contributed by atoms with van der Waals surface area (Å²) in [5.74, 6) is 0.452. The second kappa shape index (κ2) is 8.16. The number of aromatic nitrogens is 4. The van der Waals surface area contributed by atoms with Crippen LogP contribution in [0, 0.1) is 0 Å². The number of rotatable bonds is 6. The molecule has 152 valence electrons. The Kier molecular flexibility index (Phi) is 5.25. The molecule has 0 aliphatic carbocycles. The van der Waals surface area contributed by atoms with E-state index in [0.29, 0.717) is 35.4 Å². The van der Waals surface area contributed by atoms with Gasteiger partial charge in [-0.2, -0.15) is 0 Å². The molecule has 1 aromatic carbocycles. The fourth-order valence-electron chi connectivity index (χ4n) is 3.09. The Bertz CT molecular complexity index is 1290. The molecule has 0 fully saturated rings. The second-order valence-electron chi connectivity index (χ2n) is 6.50. The highest BCUT2D eigenvalue weighted by Crippen LogP contribution is 2.32. The van der Waals surface area contributed by atoms with E-state index in [4.69, 9.17) is 9.47 Å². The van der Waals surface area contributed by atoms with Crippen molar-refractivity contribution < 1.29 is 14.3 Å². The van der Waals surface area contributed by atoms with E-state index < -0.39 is 11.5 Å². The Morgan fingerprint density at radius 3 is 2.63 bits per heavy atom. The summed E-state index contributed by atoms with van der Waals surface area (Å²) in [5.41, 5.74) is 1.16. The average Bonchev–Trinajstić information content (AvgIpc) is 2.77. The van der Waals surface area contributed by atoms with E-state index in [1.807, 2.05) is 18.2 Å². The number of nitrogens with one attached hydrogen (secondary N) is 2. The van der Waals surface area contributed by atoms with Crippen LogP contribution in [0.15, 0.2) is 47.4 Å². The van der Waals surface area contributed by atoms with E-state index in [2.05, 4.69) is 25.3 Å². The molecule has 0 bridgehead atoms. The van der Waals surface area contributed by atoms with Crippen LogP contribution >= 0.6 is 0 Å². The highest BCUT2D eigenvalue weighted by molar-refractivity contribution is 5.95. The largest absolute Gasteiger partial charge is 0.493 e. The smallest absolute Gasteiger partial charge is 0.287 e. The summed E-state index contributed by atoms with van der Waals surface area (Å²) in [6, 6.07) is 10.7. The first-order chi connectivity index (χ1) is 14.6. The molecule has 2 N–H and O–H groups in total. The molecule has 4 aromatic rings. The van der Waals surface area contributed by atoms with Crippen molar-refractivity contribution in [2.45, 2.75) is 6.42 Å². The van der Waals surface area contributed by atoms with Gasteiger partial charge in [-0.3, -0.25) is 14.6 Å². The van der Waals surface area contributed by atoms with E-state index in [1.165, 1.54) is 14.2 Å². The maximum Gasteiger partial charge on any atom is 0.287 e. The lowest BCUT2D eigenvalue weighted by Gasteiger charge is -2.09. The maximum atomic E-state index is 12.5. The van der Waals surface area contributed by atoms with Crippen LogP contribution in [0.3, 0.4) is 0 Å². The number of pyridine rings is 2. The molecular weight excluding hydrogens is 386 g/mol. The van der Waals surface area contributed by atoms with E-state index >= 15 is 0 Å². The van der Waals surface area contributed by atoms with Crippen LogP contribution in [-0.4, -0.2) is 46.6 Å². The number of benzene rings is 1. The molecule has 0 unspecified atom stereocenters. The molecule has 9 nitrogen and oxygen atoms in total. The Morgan fingerprint density at radius 1 is 1.10 bits per heavy atom. The number of hydrogen-bond donors (Lipinski definition) is 2. The van der Waals surface area contributed by atoms with E-state index in [9.17, 15) is 9.59 Å². The number of methoxy groups -OCH3 is 2. The quantitative estimate of drug-likeness (QED) is 0.470. The molecule has 1 amide bonds. The molecule has 0 saturated carbocycles. The number of nitrogens with zero attached hydrogens (tertiary/aromatic N) is 3. The molecule has 0 saturated heterocycles. The topological polar surface area (TPSA) is 119 Å². The number of amides is 1. The summed E-state index contributed by atoms with van der Waals surface area (Å²) < 4.78 is 10.6. The summed E-state index contributed by atoms with van der Waals surface area (Å²) in [7, 11) is 3.06. The number of ether oxygens (including phenoxy) is 2. The molecule has 30 heavy (non-hydrogen) atoms. The zero-order chi connectivity index (χ0) is 21.1. The summed E-state index contributed by atoms with van der Waals surface area (Å²) >= 11 is 0. The first-order valence-corrected chi connectivity index (χ1v) is 9.24. The number of carbonyl (C=O) groups excluding carboxylic acids is 1. The van der Waals surface area contributed by atoms with Gasteiger partial charge in [0, 0.05) is 36.3 Å². The second-order valence-corrected chi connectivity index (χ2v) is 6.50. The Hall–Kier alpha value is -4.01. The van der Waals surface area contributed by atoms with Crippen molar-refractivity contribution in [3.63, 3.8) is 0 Å². The predicted octanol–water partition coefficient (Wildman–Crippen LogP) is 1.86. The number of aromatic amines is 1. The summed E-state index contributed by atoms with van der Waals surface area (Å²) in [6.07, 6.45) is 2.26. The van der Waals surface area contributed by atoms with Crippen LogP contribution in [-0.2, 0) is 6.42 Å². The van der Waals surface area contributed by atoms with Crippen LogP contribution < -0.4 is 20.3 Å². The molecule has 0 radical (unpaired) electrons. The van der Waals surface area contributed by atoms with E-state index in [0.717, 1.165) is 5.69 Å². The van der Waals surface area contributed by atoms with Gasteiger partial charge in [-0.15, -0.1) is 0 Å². The van der Waals surface area contributed by atoms with Crippen molar-refractivity contribution in [2.75, 3.05) is 20.8 Å². The Morgan fingerprint density at radius 2 is 1.90 bits per heavy atom. The van der Waals surface area contributed by atoms with Crippen LogP contribution in [0.1, 0.15) is 16.3 Å². The average molecular weight is 405 g/mol. The Labute approximate surface area is 171 Å². The summed E-state index contributed by atoms with van der Waals surface area (Å²) in [6.45, 7) is 0.361. The van der Waals surface area contributed by atoms with Crippen molar-refractivity contribution in [1.29, 1.82) is 0 Å². The van der Waals surface area contributed by atoms with Crippen LogP contribution in [0.25, 0.3) is 21.9 Å². The van der Waals surface area contributed by atoms with Gasteiger partial charge >= 0.3 is 0 Å². The lowest BCUT2D eigenvalue weighted by atomic mass is 10.1. The van der Waals surface area contributed by atoms with Crippen LogP contribution in [0.4, 0.5) is 0 Å². The van der Waals surface area contributed by atoms with Gasteiger partial charge in [0.25, 0.3) is 11.5 Å². The van der Waals surface area contributed by atoms with Crippen molar-refractivity contribution in [3.8, 4) is 11.5 Å². The monoisotopic (exact) mass is 405 g/mol. The summed E-state index contributed by atoms with van der Waals surface area (Å²) in [4.78, 5) is 40.4. The normalized spacial score (nSPS) is 10.9. The highest BCUT2D eigenvalue weighted by Gasteiger charge is 2.14. The van der Waals surface area contributed by atoms with Crippen molar-refractivity contribution in [2.24, 2.45) is 0 Å². The lowest BCUT2D eigenvalue weighted by Crippen LogP contribution is -2.29. The van der Waals surface area contributed by atoms with Crippen molar-refractivity contribution in [1.82, 2.24) is 25.3 Å². The predicted molar refractivity (Wildman–Crippen MR) is 111 cm³/mol. The van der Waals surface area contributed by atoms with Gasteiger partial charge in [-0.1, -0.05) is 6.07 Å². The maximum absolute atomic E-state index is 12.5. The third kappa shape index (κ3) is 3.77. The fourth-order valence-corrected chi connectivity index (χ4v) is 3.09. The molecular formula is C21H19N5O4. The standard InChI is InChI=1S/C21H19N5O4/c1-29-16-10-12-9-14-18(24-15(12)11-17(16)30-2)25-19(26-20(14)27)21(28)23-8-6-13-5-3-4-7-22-13/h3-5,7,9-11H,6,8H2,1-2H3,(H,23,28)(H,24,25,26,27). The third-order valence-corrected chi connectivity index (χ3v) is 4.60. The number of carbonyl (C=O) groups is 1. The first kappa shape index (κ1) is 19.3. The highest BCUT2D eigenvalue weighted by atomic mass is 16.5. The first-order valence-electron chi connectivity index (χ1n) is 9.24. The van der Waals surface area contributed by atoms with Gasteiger partial charge in [-0.05, 0) is 24.3 Å². The number of H-pyrrole nitrogens is 1. The van der Waals surface area contributed by atoms with Crippen molar-refractivity contribution >= 4 is 27.8 Å². The lowest BCUT2D eigenvalue weighted by molar-refractivity contribution is 0.0943. The number of hydrogen-bond acceptors (Lipinski definition) is 7. The van der Waals surface area contributed by atoms with Gasteiger partial charge in [0.2, 0.25) is 5.82 Å². The van der Waals surface area contributed by atoms with E-state index in [-0.39, 0.29) is 16.9 Å². The third-order valence-electron chi connectivity index (χ3n) is 4.60. The zero-order valence-corrected chi connectivity index (χ0v) is 16.4. The summed E-state index contributed by atoms with van der Waals surface area (Å²) in [5, 5.41) is 3.71. The zero-order valence-electron chi connectivity index (χ0n) is 16.4. The minimum Gasteiger partial charge on any atom is -0.493 e. The fraction of sp³-hybridized carbons (Fsp3) is 0.190. The van der Waals surface area contributed by atoms with Gasteiger partial charge in [0.05, 0.1) is 25.1 Å². The van der Waals surface area contributed by atoms with Gasteiger partial charge in [-0.25, -0.2) is 9.97 Å². The van der Waals surface area contributed by atoms with Crippen LogP contribution in [0.2, 0.25) is 0 Å². The molecule has 3 heterocycles. The minimum atomic E-state index is -0.487. The molecule has 9 heteroatoms. The number of fused-ring (bicyclic) bond motifs is 2. The molecule has 0 atom stereocenters. The molecule has 0 aliphatic heterocycles. The van der Waals surface area contributed by atoms with Crippen LogP contribution in [0.5, 0.6) is 11.5 Å². The minimum absolute atomic E-state index is 0.0964. The van der Waals surface area contributed by atoms with Gasteiger partial charge in [0.1, 0.15) is 0 Å².